The predicted octanol–water partition coefficient (Wildman–Crippen LogP) is 3.65. The standard InChI is InChI=1S/C17H11ClFN5/c18-10-4-3-5-11(19)14(10)15-9(8-20)16(21)24-13-7-2-1-6-12(13)22-17(24)23-15/h1-7,15H,21H2,(H,22,23)/t15-/m0/s1. The minimum atomic E-state index is -0.798. The summed E-state index contributed by atoms with van der Waals surface area (Å²) in [6, 6.07) is 13.1. The average molecular weight is 340 g/mol. The van der Waals surface area contributed by atoms with Gasteiger partial charge in [-0.1, -0.05) is 29.8 Å². The fraction of sp³-hybridized carbons (Fsp3) is 0.0588. The molecule has 1 aromatic heterocycles. The zero-order valence-electron chi connectivity index (χ0n) is 12.3. The third-order valence-corrected chi connectivity index (χ3v) is 4.38. The van der Waals surface area contributed by atoms with Gasteiger partial charge in [0.1, 0.15) is 17.7 Å². The quantitative estimate of drug-likeness (QED) is 0.709. The Morgan fingerprint density at radius 2 is 2.04 bits per heavy atom. The highest BCUT2D eigenvalue weighted by Gasteiger charge is 2.32. The summed E-state index contributed by atoms with van der Waals surface area (Å²) in [5, 5.41) is 12.9. The van der Waals surface area contributed by atoms with Crippen LogP contribution in [0.5, 0.6) is 0 Å². The number of fused-ring (bicyclic) bond motifs is 3. The maximum absolute atomic E-state index is 14.3. The minimum absolute atomic E-state index is 0.178. The molecule has 2 aromatic carbocycles. The van der Waals surface area contributed by atoms with Crippen LogP contribution in [0.3, 0.4) is 0 Å². The van der Waals surface area contributed by atoms with E-state index in [0.717, 1.165) is 11.0 Å². The van der Waals surface area contributed by atoms with Crippen LogP contribution in [0.4, 0.5) is 10.3 Å². The molecule has 0 unspecified atom stereocenters. The molecule has 3 aromatic rings. The molecule has 0 radical (unpaired) electrons. The number of hydrogen-bond donors (Lipinski definition) is 2. The van der Waals surface area contributed by atoms with Gasteiger partial charge in [-0.15, -0.1) is 0 Å². The molecule has 1 atom stereocenters. The molecule has 0 fully saturated rings. The molecule has 0 bridgehead atoms. The Balaban J connectivity index is 1.98. The van der Waals surface area contributed by atoms with Crippen molar-refractivity contribution in [3.8, 4) is 6.07 Å². The number of rotatable bonds is 1. The molecule has 0 amide bonds. The van der Waals surface area contributed by atoms with E-state index in [1.165, 1.54) is 12.1 Å². The predicted molar refractivity (Wildman–Crippen MR) is 90.5 cm³/mol. The summed E-state index contributed by atoms with van der Waals surface area (Å²) < 4.78 is 16.0. The number of hydrogen-bond acceptors (Lipinski definition) is 4. The average Bonchev–Trinajstić information content (AvgIpc) is 2.93. The van der Waals surface area contributed by atoms with E-state index in [1.54, 1.807) is 10.6 Å². The first-order chi connectivity index (χ1) is 11.6. The van der Waals surface area contributed by atoms with Crippen LogP contribution in [-0.4, -0.2) is 9.55 Å². The zero-order chi connectivity index (χ0) is 16.8. The lowest BCUT2D eigenvalue weighted by atomic mass is 9.97. The van der Waals surface area contributed by atoms with Crippen molar-refractivity contribution in [3.05, 3.63) is 64.4 Å². The highest BCUT2D eigenvalue weighted by Crippen LogP contribution is 2.39. The van der Waals surface area contributed by atoms with Crippen LogP contribution in [0, 0.1) is 17.1 Å². The SMILES string of the molecule is N#CC1=C(N)n2c(nc3ccccc32)N[C@@H]1c1c(F)cccc1Cl. The number of nitrogens with two attached hydrogens (primary N) is 1. The lowest BCUT2D eigenvalue weighted by Gasteiger charge is -2.27. The Labute approximate surface area is 141 Å². The number of nitrogens with one attached hydrogen (secondary N) is 1. The van der Waals surface area contributed by atoms with Crippen LogP contribution in [0.25, 0.3) is 16.9 Å². The number of aromatic nitrogens is 2. The fourth-order valence-corrected chi connectivity index (χ4v) is 3.23. The summed E-state index contributed by atoms with van der Waals surface area (Å²) in [6.07, 6.45) is 0. The molecule has 3 N–H and O–H groups in total. The van der Waals surface area contributed by atoms with E-state index in [1.807, 2.05) is 24.3 Å². The van der Waals surface area contributed by atoms with Crippen molar-refractivity contribution in [2.24, 2.45) is 5.73 Å². The summed E-state index contributed by atoms with van der Waals surface area (Å²) in [5.74, 6) is 0.145. The summed E-state index contributed by atoms with van der Waals surface area (Å²) in [4.78, 5) is 4.47. The highest BCUT2D eigenvalue weighted by atomic mass is 35.5. The first kappa shape index (κ1) is 14.5. The normalized spacial score (nSPS) is 16.6. The Morgan fingerprint density at radius 3 is 2.79 bits per heavy atom. The molecule has 7 heteroatoms. The molecule has 0 aliphatic carbocycles. The van der Waals surface area contributed by atoms with Crippen molar-refractivity contribution >= 4 is 34.4 Å². The van der Waals surface area contributed by atoms with Gasteiger partial charge in [0.15, 0.2) is 0 Å². The van der Waals surface area contributed by atoms with E-state index in [2.05, 4.69) is 16.4 Å². The molecule has 5 nitrogen and oxygen atoms in total. The maximum Gasteiger partial charge on any atom is 0.210 e. The Bertz CT molecular complexity index is 1030. The molecule has 24 heavy (non-hydrogen) atoms. The second kappa shape index (κ2) is 5.25. The summed E-state index contributed by atoms with van der Waals surface area (Å²) >= 11 is 6.16. The Morgan fingerprint density at radius 1 is 1.25 bits per heavy atom. The molecule has 0 saturated carbocycles. The van der Waals surface area contributed by atoms with Crippen LogP contribution in [0.2, 0.25) is 5.02 Å². The molecule has 4 rings (SSSR count). The van der Waals surface area contributed by atoms with E-state index in [4.69, 9.17) is 17.3 Å². The van der Waals surface area contributed by atoms with E-state index >= 15 is 0 Å². The van der Waals surface area contributed by atoms with Crippen LogP contribution >= 0.6 is 11.6 Å². The Hall–Kier alpha value is -3.04. The first-order valence-electron chi connectivity index (χ1n) is 7.20. The third-order valence-electron chi connectivity index (χ3n) is 4.05. The van der Waals surface area contributed by atoms with Crippen molar-refractivity contribution in [3.63, 3.8) is 0 Å². The van der Waals surface area contributed by atoms with Gasteiger partial charge in [-0.05, 0) is 24.3 Å². The molecule has 2 heterocycles. The first-order valence-corrected chi connectivity index (χ1v) is 7.57. The number of nitriles is 1. The van der Waals surface area contributed by atoms with Gasteiger partial charge in [0, 0.05) is 10.6 Å². The fourth-order valence-electron chi connectivity index (χ4n) is 2.96. The molecule has 118 valence electrons. The van der Waals surface area contributed by atoms with Crippen molar-refractivity contribution in [1.29, 1.82) is 5.26 Å². The van der Waals surface area contributed by atoms with Gasteiger partial charge in [0.05, 0.1) is 22.6 Å². The third kappa shape index (κ3) is 1.95. The van der Waals surface area contributed by atoms with Gasteiger partial charge in [-0.2, -0.15) is 5.26 Å². The van der Waals surface area contributed by atoms with E-state index in [-0.39, 0.29) is 22.0 Å². The number of benzene rings is 2. The van der Waals surface area contributed by atoms with Crippen LogP contribution < -0.4 is 11.1 Å². The second-order valence-electron chi connectivity index (χ2n) is 5.38. The van der Waals surface area contributed by atoms with E-state index in [0.29, 0.717) is 5.95 Å². The van der Waals surface area contributed by atoms with Gasteiger partial charge < -0.3 is 11.1 Å². The summed E-state index contributed by atoms with van der Waals surface area (Å²) in [5.41, 5.74) is 8.07. The van der Waals surface area contributed by atoms with Crippen LogP contribution in [0.15, 0.2) is 48.0 Å². The van der Waals surface area contributed by atoms with Crippen molar-refractivity contribution < 1.29 is 4.39 Å². The lowest BCUT2D eigenvalue weighted by molar-refractivity contribution is 0.603. The topological polar surface area (TPSA) is 79.7 Å². The molecule has 0 saturated heterocycles. The van der Waals surface area contributed by atoms with Crippen LogP contribution in [0.1, 0.15) is 11.6 Å². The van der Waals surface area contributed by atoms with Crippen molar-refractivity contribution in [2.45, 2.75) is 6.04 Å². The zero-order valence-corrected chi connectivity index (χ0v) is 13.0. The van der Waals surface area contributed by atoms with Gasteiger partial charge in [0.25, 0.3) is 0 Å². The van der Waals surface area contributed by atoms with Gasteiger partial charge in [-0.3, -0.25) is 4.57 Å². The molecule has 1 aliphatic rings. The van der Waals surface area contributed by atoms with Gasteiger partial charge >= 0.3 is 0 Å². The molecular weight excluding hydrogens is 329 g/mol. The number of anilines is 1. The lowest BCUT2D eigenvalue weighted by Crippen LogP contribution is -2.27. The number of imidazole rings is 1. The van der Waals surface area contributed by atoms with Crippen molar-refractivity contribution in [2.75, 3.05) is 5.32 Å². The van der Waals surface area contributed by atoms with Crippen LogP contribution in [-0.2, 0) is 0 Å². The number of nitrogens with zero attached hydrogens (tertiary/aromatic N) is 3. The van der Waals surface area contributed by atoms with E-state index < -0.39 is 11.9 Å². The molecule has 1 aliphatic heterocycles. The maximum atomic E-state index is 14.3. The largest absolute Gasteiger partial charge is 0.384 e. The monoisotopic (exact) mass is 339 g/mol. The summed E-state index contributed by atoms with van der Waals surface area (Å²) in [7, 11) is 0. The van der Waals surface area contributed by atoms with E-state index in [9.17, 15) is 9.65 Å². The molecule has 0 spiro atoms. The minimum Gasteiger partial charge on any atom is -0.384 e. The second-order valence-corrected chi connectivity index (χ2v) is 5.79. The summed E-state index contributed by atoms with van der Waals surface area (Å²) in [6.45, 7) is 0. The number of para-hydroxylation sites is 2. The van der Waals surface area contributed by atoms with Gasteiger partial charge in [-0.25, -0.2) is 9.37 Å². The molecular formula is C17H11ClFN5. The number of halogens is 2. The van der Waals surface area contributed by atoms with Crippen molar-refractivity contribution in [1.82, 2.24) is 9.55 Å². The smallest absolute Gasteiger partial charge is 0.210 e. The van der Waals surface area contributed by atoms with Gasteiger partial charge in [0.2, 0.25) is 5.95 Å². The Kier molecular flexibility index (Phi) is 3.18. The highest BCUT2D eigenvalue weighted by molar-refractivity contribution is 6.31.